The van der Waals surface area contributed by atoms with Crippen molar-refractivity contribution in [2.75, 3.05) is 18.2 Å². The number of benzene rings is 2. The fourth-order valence-corrected chi connectivity index (χ4v) is 6.13. The van der Waals surface area contributed by atoms with Crippen molar-refractivity contribution < 1.29 is 19.1 Å². The molecule has 40 heavy (non-hydrogen) atoms. The van der Waals surface area contributed by atoms with Gasteiger partial charge in [0.1, 0.15) is 22.9 Å². The van der Waals surface area contributed by atoms with E-state index in [4.69, 9.17) is 9.47 Å². The number of hydrogen-bond donors (Lipinski definition) is 1. The predicted molar refractivity (Wildman–Crippen MR) is 160 cm³/mol. The molecule has 1 amide bonds. The molecule has 0 unspecified atom stereocenters. The Morgan fingerprint density at radius 1 is 1.05 bits per heavy atom. The van der Waals surface area contributed by atoms with Crippen LogP contribution in [0.25, 0.3) is 11.1 Å². The third-order valence-electron chi connectivity index (χ3n) is 6.32. The lowest BCUT2D eigenvalue weighted by molar-refractivity contribution is -0.113. The Morgan fingerprint density at radius 3 is 2.38 bits per heavy atom. The van der Waals surface area contributed by atoms with Gasteiger partial charge in [-0.25, -0.2) is 4.79 Å². The van der Waals surface area contributed by atoms with Crippen molar-refractivity contribution in [3.63, 3.8) is 0 Å². The smallest absolute Gasteiger partial charge is 0.341 e. The van der Waals surface area contributed by atoms with Gasteiger partial charge in [-0.15, -0.1) is 21.5 Å². The first-order chi connectivity index (χ1) is 19.1. The van der Waals surface area contributed by atoms with E-state index in [2.05, 4.69) is 48.4 Å². The Morgan fingerprint density at radius 2 is 1.75 bits per heavy atom. The molecule has 0 atom stereocenters. The van der Waals surface area contributed by atoms with E-state index in [1.165, 1.54) is 35.8 Å². The number of anilines is 1. The molecule has 0 saturated carbocycles. The van der Waals surface area contributed by atoms with Crippen LogP contribution in [0.2, 0.25) is 0 Å². The molecule has 4 rings (SSSR count). The van der Waals surface area contributed by atoms with Crippen LogP contribution in [0.1, 0.15) is 54.3 Å². The average Bonchev–Trinajstić information content (AvgIpc) is 3.49. The Bertz CT molecular complexity index is 1470. The topological polar surface area (TPSA) is 95.3 Å². The molecule has 1 N–H and O–H groups in total. The number of aryl methyl sites for hydroxylation is 1. The van der Waals surface area contributed by atoms with Crippen molar-refractivity contribution in [3.05, 3.63) is 76.4 Å². The highest BCUT2D eigenvalue weighted by molar-refractivity contribution is 7.99. The maximum atomic E-state index is 13.0. The molecule has 4 aromatic rings. The molecule has 0 aliphatic carbocycles. The first-order valence-electron chi connectivity index (χ1n) is 13.0. The average molecular weight is 579 g/mol. The second-order valence-electron chi connectivity index (χ2n) is 10.1. The van der Waals surface area contributed by atoms with Crippen LogP contribution in [0, 0.1) is 6.92 Å². The number of aromatic nitrogens is 3. The van der Waals surface area contributed by atoms with Gasteiger partial charge in [-0.1, -0.05) is 75.0 Å². The zero-order chi connectivity index (χ0) is 28.9. The second kappa shape index (κ2) is 12.7. The highest BCUT2D eigenvalue weighted by atomic mass is 32.2. The molecule has 0 saturated heterocycles. The van der Waals surface area contributed by atoms with Gasteiger partial charge in [-0.05, 0) is 42.5 Å². The van der Waals surface area contributed by atoms with Crippen LogP contribution in [0.5, 0.6) is 5.75 Å². The molecule has 2 heterocycles. The van der Waals surface area contributed by atoms with Crippen LogP contribution in [-0.2, 0) is 28.1 Å². The van der Waals surface area contributed by atoms with Gasteiger partial charge in [0, 0.05) is 17.0 Å². The molecular weight excluding hydrogens is 544 g/mol. The first kappa shape index (κ1) is 29.4. The van der Waals surface area contributed by atoms with E-state index in [0.717, 1.165) is 21.8 Å². The van der Waals surface area contributed by atoms with Gasteiger partial charge < -0.3 is 19.4 Å². The summed E-state index contributed by atoms with van der Waals surface area (Å²) in [4.78, 5) is 26.6. The standard InChI is InChI=1S/C30H34N4O4S2/c1-7-34-23(17-38-22-15-13-21(14-16-22)30(3,4)5)32-33-29(34)39-18-24(35)31-27-26(28(36)37-6)25(19(2)40-27)20-11-9-8-10-12-20/h8-16H,7,17-18H2,1-6H3,(H,31,35). The van der Waals surface area contributed by atoms with E-state index >= 15 is 0 Å². The molecule has 0 aliphatic heterocycles. The van der Waals surface area contributed by atoms with Crippen molar-refractivity contribution in [3.8, 4) is 16.9 Å². The molecule has 10 heteroatoms. The van der Waals surface area contributed by atoms with Crippen LogP contribution in [0.4, 0.5) is 5.00 Å². The van der Waals surface area contributed by atoms with E-state index < -0.39 is 5.97 Å². The van der Waals surface area contributed by atoms with Crippen LogP contribution in [0.15, 0.2) is 59.8 Å². The maximum absolute atomic E-state index is 13.0. The Labute approximate surface area is 243 Å². The fraction of sp³-hybridized carbons (Fsp3) is 0.333. The van der Waals surface area contributed by atoms with Gasteiger partial charge >= 0.3 is 5.97 Å². The number of carbonyl (C=O) groups is 2. The lowest BCUT2D eigenvalue weighted by Crippen LogP contribution is -2.16. The summed E-state index contributed by atoms with van der Waals surface area (Å²) < 4.78 is 12.9. The number of nitrogens with one attached hydrogen (secondary N) is 1. The summed E-state index contributed by atoms with van der Waals surface area (Å²) in [6, 6.07) is 17.7. The number of carbonyl (C=O) groups excluding carboxylic acids is 2. The fourth-order valence-electron chi connectivity index (χ4n) is 4.22. The Balaban J connectivity index is 1.42. The largest absolute Gasteiger partial charge is 0.486 e. The number of methoxy groups -OCH3 is 1. The van der Waals surface area contributed by atoms with Gasteiger partial charge in [0.15, 0.2) is 11.0 Å². The third kappa shape index (κ3) is 6.74. The molecule has 0 bridgehead atoms. The zero-order valence-electron chi connectivity index (χ0n) is 23.6. The molecular formula is C30H34N4O4S2. The Hall–Kier alpha value is -3.63. The van der Waals surface area contributed by atoms with Crippen LogP contribution in [-0.4, -0.2) is 39.5 Å². The SMILES string of the molecule is CCn1c(COc2ccc(C(C)(C)C)cc2)nnc1SCC(=O)Nc1sc(C)c(-c2ccccc2)c1C(=O)OC. The summed E-state index contributed by atoms with van der Waals surface area (Å²) in [5.74, 6) is 0.799. The summed E-state index contributed by atoms with van der Waals surface area (Å²) in [5.41, 5.74) is 3.33. The van der Waals surface area contributed by atoms with Crippen molar-refractivity contribution in [2.45, 2.75) is 58.3 Å². The maximum Gasteiger partial charge on any atom is 0.341 e. The first-order valence-corrected chi connectivity index (χ1v) is 14.8. The monoisotopic (exact) mass is 578 g/mol. The van der Waals surface area contributed by atoms with Crippen molar-refractivity contribution in [1.29, 1.82) is 0 Å². The minimum atomic E-state index is -0.491. The molecule has 210 valence electrons. The minimum absolute atomic E-state index is 0.0761. The van der Waals surface area contributed by atoms with Gasteiger partial charge in [0.05, 0.1) is 12.9 Å². The van der Waals surface area contributed by atoms with E-state index in [0.29, 0.717) is 28.1 Å². The number of nitrogens with zero attached hydrogens (tertiary/aromatic N) is 3. The normalized spacial score (nSPS) is 11.3. The van der Waals surface area contributed by atoms with E-state index in [1.807, 2.05) is 60.9 Å². The number of esters is 1. The number of thiophene rings is 1. The molecule has 0 aliphatic rings. The summed E-state index contributed by atoms with van der Waals surface area (Å²) in [6.45, 7) is 11.3. The molecule has 2 aromatic carbocycles. The van der Waals surface area contributed by atoms with E-state index in [9.17, 15) is 9.59 Å². The van der Waals surface area contributed by atoms with Crippen molar-refractivity contribution in [1.82, 2.24) is 14.8 Å². The highest BCUT2D eigenvalue weighted by Gasteiger charge is 2.25. The van der Waals surface area contributed by atoms with Crippen LogP contribution >= 0.6 is 23.1 Å². The molecule has 0 spiro atoms. The van der Waals surface area contributed by atoms with Crippen molar-refractivity contribution in [2.24, 2.45) is 0 Å². The number of thioether (sulfide) groups is 1. The molecule has 0 fully saturated rings. The Kier molecular flexibility index (Phi) is 9.32. The van der Waals surface area contributed by atoms with Gasteiger partial charge in [0.25, 0.3) is 0 Å². The zero-order valence-corrected chi connectivity index (χ0v) is 25.2. The quantitative estimate of drug-likeness (QED) is 0.165. The van der Waals surface area contributed by atoms with E-state index in [-0.39, 0.29) is 23.7 Å². The second-order valence-corrected chi connectivity index (χ2v) is 12.3. The van der Waals surface area contributed by atoms with Crippen LogP contribution in [0.3, 0.4) is 0 Å². The predicted octanol–water partition coefficient (Wildman–Crippen LogP) is 6.73. The van der Waals surface area contributed by atoms with E-state index in [1.54, 1.807) is 0 Å². The number of ether oxygens (including phenoxy) is 2. The van der Waals surface area contributed by atoms with Crippen molar-refractivity contribution >= 4 is 40.0 Å². The van der Waals surface area contributed by atoms with Crippen LogP contribution < -0.4 is 10.1 Å². The third-order valence-corrected chi connectivity index (χ3v) is 8.31. The van der Waals surface area contributed by atoms with Gasteiger partial charge in [-0.2, -0.15) is 0 Å². The molecule has 0 radical (unpaired) electrons. The lowest BCUT2D eigenvalue weighted by atomic mass is 9.87. The number of hydrogen-bond acceptors (Lipinski definition) is 8. The summed E-state index contributed by atoms with van der Waals surface area (Å²) in [7, 11) is 1.34. The number of rotatable bonds is 10. The summed E-state index contributed by atoms with van der Waals surface area (Å²) >= 11 is 2.64. The van der Waals surface area contributed by atoms with Gasteiger partial charge in [-0.3, -0.25) is 4.79 Å². The molecule has 2 aromatic heterocycles. The summed E-state index contributed by atoms with van der Waals surface area (Å²) in [6.07, 6.45) is 0. The van der Waals surface area contributed by atoms with Gasteiger partial charge in [0.2, 0.25) is 5.91 Å². The number of amides is 1. The summed E-state index contributed by atoms with van der Waals surface area (Å²) in [5, 5.41) is 12.6. The minimum Gasteiger partial charge on any atom is -0.486 e. The molecule has 8 nitrogen and oxygen atoms in total. The highest BCUT2D eigenvalue weighted by Crippen LogP contribution is 2.40. The lowest BCUT2D eigenvalue weighted by Gasteiger charge is -2.19.